The second kappa shape index (κ2) is 16.1. The summed E-state index contributed by atoms with van der Waals surface area (Å²) in [5.74, 6) is -0.679. The number of rotatable bonds is 17. The van der Waals surface area contributed by atoms with E-state index in [-0.39, 0.29) is 6.42 Å². The van der Waals surface area contributed by atoms with E-state index >= 15 is 0 Å². The molecule has 0 saturated heterocycles. The van der Waals surface area contributed by atoms with Crippen molar-refractivity contribution in [1.29, 1.82) is 0 Å². The summed E-state index contributed by atoms with van der Waals surface area (Å²) in [5, 5.41) is 21.5. The van der Waals surface area contributed by atoms with E-state index in [1.165, 1.54) is 38.5 Å². The summed E-state index contributed by atoms with van der Waals surface area (Å²) in [6.45, 7) is 4.90. The van der Waals surface area contributed by atoms with Gasteiger partial charge in [0, 0.05) is 0 Å². The minimum Gasteiger partial charge on any atom is -0.480 e. The maximum absolute atomic E-state index is 11.8. The van der Waals surface area contributed by atoms with Crippen molar-refractivity contribution in [3.63, 3.8) is 0 Å². The Morgan fingerprint density at radius 2 is 1.42 bits per heavy atom. The summed E-state index contributed by atoms with van der Waals surface area (Å²) in [6.07, 6.45) is 10.3. The SMILES string of the molecule is CC(C)CCCCCCCCCC(O)CC(=O)N[C@@H](CCCN)C(=O)O. The molecule has 0 saturated carbocycles. The maximum atomic E-state index is 11.8. The Morgan fingerprint density at radius 3 is 1.92 bits per heavy atom. The molecule has 0 aliphatic carbocycles. The van der Waals surface area contributed by atoms with Crippen LogP contribution in [-0.4, -0.2) is 40.8 Å². The summed E-state index contributed by atoms with van der Waals surface area (Å²) in [4.78, 5) is 22.9. The molecular formula is C20H40N2O4. The third-order valence-electron chi connectivity index (χ3n) is 4.57. The molecule has 0 bridgehead atoms. The van der Waals surface area contributed by atoms with Crippen LogP contribution in [0.25, 0.3) is 0 Å². The fourth-order valence-corrected chi connectivity index (χ4v) is 2.97. The van der Waals surface area contributed by atoms with Crippen molar-refractivity contribution >= 4 is 11.9 Å². The van der Waals surface area contributed by atoms with Gasteiger partial charge in [-0.1, -0.05) is 65.2 Å². The molecule has 0 rings (SSSR count). The minimum absolute atomic E-state index is 0.0401. The van der Waals surface area contributed by atoms with Gasteiger partial charge in [-0.3, -0.25) is 4.79 Å². The number of amides is 1. The third kappa shape index (κ3) is 15.1. The van der Waals surface area contributed by atoms with Crippen LogP contribution in [0.4, 0.5) is 0 Å². The number of nitrogens with two attached hydrogens (primary N) is 1. The molecule has 0 heterocycles. The first kappa shape index (κ1) is 24.9. The highest BCUT2D eigenvalue weighted by Crippen LogP contribution is 2.13. The molecule has 0 spiro atoms. The van der Waals surface area contributed by atoms with Gasteiger partial charge in [0.05, 0.1) is 12.5 Å². The molecule has 2 atom stereocenters. The fourth-order valence-electron chi connectivity index (χ4n) is 2.97. The number of aliphatic hydroxyl groups is 1. The van der Waals surface area contributed by atoms with Crippen LogP contribution in [0.1, 0.15) is 90.9 Å². The second-order valence-electron chi connectivity index (χ2n) is 7.69. The van der Waals surface area contributed by atoms with Crippen LogP contribution in [0.3, 0.4) is 0 Å². The number of hydrogen-bond acceptors (Lipinski definition) is 4. The lowest BCUT2D eigenvalue weighted by molar-refractivity contribution is -0.142. The van der Waals surface area contributed by atoms with Gasteiger partial charge >= 0.3 is 5.97 Å². The first-order chi connectivity index (χ1) is 12.4. The van der Waals surface area contributed by atoms with Crippen LogP contribution in [0.5, 0.6) is 0 Å². The Balaban J connectivity index is 3.69. The summed E-state index contributed by atoms with van der Waals surface area (Å²) >= 11 is 0. The third-order valence-corrected chi connectivity index (χ3v) is 4.57. The van der Waals surface area contributed by atoms with E-state index in [1.54, 1.807) is 0 Å². The number of unbranched alkanes of at least 4 members (excludes halogenated alkanes) is 6. The molecule has 26 heavy (non-hydrogen) atoms. The number of carboxylic acids is 1. The van der Waals surface area contributed by atoms with Gasteiger partial charge in [-0.2, -0.15) is 0 Å². The largest absolute Gasteiger partial charge is 0.480 e. The number of carboxylic acid groups (broad SMARTS) is 1. The minimum atomic E-state index is -1.06. The predicted molar refractivity (Wildman–Crippen MR) is 105 cm³/mol. The second-order valence-corrected chi connectivity index (χ2v) is 7.69. The lowest BCUT2D eigenvalue weighted by Gasteiger charge is -2.16. The molecule has 6 heteroatoms. The first-order valence-electron chi connectivity index (χ1n) is 10.3. The Morgan fingerprint density at radius 1 is 0.885 bits per heavy atom. The average Bonchev–Trinajstić information content (AvgIpc) is 2.56. The normalized spacial score (nSPS) is 13.6. The molecule has 154 valence electrons. The number of carbonyl (C=O) groups is 2. The fraction of sp³-hybridized carbons (Fsp3) is 0.900. The molecule has 0 fully saturated rings. The van der Waals surface area contributed by atoms with Crippen LogP contribution in [0, 0.1) is 5.92 Å². The number of aliphatic hydroxyl groups excluding tert-OH is 1. The molecule has 1 unspecified atom stereocenters. The lowest BCUT2D eigenvalue weighted by Crippen LogP contribution is -2.42. The molecule has 0 radical (unpaired) electrons. The smallest absolute Gasteiger partial charge is 0.326 e. The summed E-state index contributed by atoms with van der Waals surface area (Å²) in [5.41, 5.74) is 5.37. The van der Waals surface area contributed by atoms with Gasteiger partial charge in [-0.15, -0.1) is 0 Å². The van der Waals surface area contributed by atoms with Crippen LogP contribution in [0.15, 0.2) is 0 Å². The first-order valence-corrected chi connectivity index (χ1v) is 10.3. The predicted octanol–water partition coefficient (Wildman–Crippen LogP) is 3.21. The molecule has 0 aromatic carbocycles. The Labute approximate surface area is 158 Å². The summed E-state index contributed by atoms with van der Waals surface area (Å²) < 4.78 is 0. The maximum Gasteiger partial charge on any atom is 0.326 e. The summed E-state index contributed by atoms with van der Waals surface area (Å²) in [7, 11) is 0. The Kier molecular flexibility index (Phi) is 15.4. The van der Waals surface area contributed by atoms with E-state index in [0.29, 0.717) is 25.8 Å². The van der Waals surface area contributed by atoms with E-state index < -0.39 is 24.0 Å². The van der Waals surface area contributed by atoms with E-state index in [1.807, 2.05) is 0 Å². The topological polar surface area (TPSA) is 113 Å². The van der Waals surface area contributed by atoms with Gasteiger partial charge < -0.3 is 21.3 Å². The number of hydrogen-bond donors (Lipinski definition) is 4. The van der Waals surface area contributed by atoms with Crippen molar-refractivity contribution in [3.05, 3.63) is 0 Å². The van der Waals surface area contributed by atoms with Crippen LogP contribution in [0.2, 0.25) is 0 Å². The molecule has 0 aliphatic rings. The number of nitrogens with one attached hydrogen (secondary N) is 1. The van der Waals surface area contributed by atoms with Crippen LogP contribution in [-0.2, 0) is 9.59 Å². The standard InChI is InChI=1S/C20H40N2O4/c1-16(2)11-8-6-4-3-5-7-9-12-17(23)15-19(24)22-18(20(25)26)13-10-14-21/h16-18,23H,3-15,21H2,1-2H3,(H,22,24)(H,25,26)/t17?,18-/m0/s1. The van der Waals surface area contributed by atoms with E-state index in [0.717, 1.165) is 18.8 Å². The van der Waals surface area contributed by atoms with Crippen LogP contribution < -0.4 is 11.1 Å². The van der Waals surface area contributed by atoms with E-state index in [9.17, 15) is 14.7 Å². The van der Waals surface area contributed by atoms with Gasteiger partial charge in [0.2, 0.25) is 5.91 Å². The molecule has 0 aromatic heterocycles. The quantitative estimate of drug-likeness (QED) is 0.293. The van der Waals surface area contributed by atoms with Gasteiger partial charge in [-0.05, 0) is 31.7 Å². The van der Waals surface area contributed by atoms with Crippen molar-refractivity contribution in [3.8, 4) is 0 Å². The van der Waals surface area contributed by atoms with Gasteiger partial charge in [0.25, 0.3) is 0 Å². The zero-order valence-corrected chi connectivity index (χ0v) is 16.7. The van der Waals surface area contributed by atoms with E-state index in [4.69, 9.17) is 10.8 Å². The van der Waals surface area contributed by atoms with Crippen molar-refractivity contribution in [2.45, 2.75) is 103 Å². The van der Waals surface area contributed by atoms with Gasteiger partial charge in [-0.25, -0.2) is 4.79 Å². The van der Waals surface area contributed by atoms with Crippen LogP contribution >= 0.6 is 0 Å². The van der Waals surface area contributed by atoms with Crippen molar-refractivity contribution < 1.29 is 19.8 Å². The highest BCUT2D eigenvalue weighted by molar-refractivity contribution is 5.83. The monoisotopic (exact) mass is 372 g/mol. The van der Waals surface area contributed by atoms with Crippen molar-refractivity contribution in [2.75, 3.05) is 6.54 Å². The molecule has 5 N–H and O–H groups in total. The lowest BCUT2D eigenvalue weighted by atomic mass is 10.0. The zero-order chi connectivity index (χ0) is 19.8. The molecule has 1 amide bonds. The average molecular weight is 373 g/mol. The molecule has 6 nitrogen and oxygen atoms in total. The van der Waals surface area contributed by atoms with Gasteiger partial charge in [0.1, 0.15) is 6.04 Å². The molecule has 0 aromatic rings. The van der Waals surface area contributed by atoms with E-state index in [2.05, 4.69) is 19.2 Å². The van der Waals surface area contributed by atoms with Crippen molar-refractivity contribution in [1.82, 2.24) is 5.32 Å². The molecule has 0 aliphatic heterocycles. The Hall–Kier alpha value is -1.14. The molecular weight excluding hydrogens is 332 g/mol. The number of aliphatic carboxylic acids is 1. The highest BCUT2D eigenvalue weighted by atomic mass is 16.4. The zero-order valence-electron chi connectivity index (χ0n) is 16.7. The number of carbonyl (C=O) groups excluding carboxylic acids is 1. The van der Waals surface area contributed by atoms with Gasteiger partial charge in [0.15, 0.2) is 0 Å². The van der Waals surface area contributed by atoms with Crippen molar-refractivity contribution in [2.24, 2.45) is 11.7 Å². The Bertz CT molecular complexity index is 375. The summed E-state index contributed by atoms with van der Waals surface area (Å²) in [6, 6.07) is -0.922. The highest BCUT2D eigenvalue weighted by Gasteiger charge is 2.20.